The second kappa shape index (κ2) is 5.06. The molecule has 0 aromatic heterocycles. The molecule has 0 saturated carbocycles. The van der Waals surface area contributed by atoms with Crippen molar-refractivity contribution >= 4 is 0 Å². The number of aromatic hydroxyl groups is 1. The van der Waals surface area contributed by atoms with Gasteiger partial charge in [0.15, 0.2) is 0 Å². The molecule has 0 heterocycles. The predicted octanol–water partition coefficient (Wildman–Crippen LogP) is 2.67. The zero-order valence-corrected chi connectivity index (χ0v) is 9.98. The molecule has 0 aliphatic heterocycles. The summed E-state index contributed by atoms with van der Waals surface area (Å²) >= 11 is 0. The van der Waals surface area contributed by atoms with Gasteiger partial charge in [-0.25, -0.2) is 4.39 Å². The Balaban J connectivity index is 2.64. The van der Waals surface area contributed by atoms with Crippen molar-refractivity contribution in [3.8, 4) is 22.6 Å². The lowest BCUT2D eigenvalue weighted by Gasteiger charge is -2.12. The molecule has 0 bridgehead atoms. The van der Waals surface area contributed by atoms with Crippen LogP contribution < -0.4 is 10.5 Å². The first-order valence-corrected chi connectivity index (χ1v) is 5.51. The molecule has 3 N–H and O–H groups in total. The lowest BCUT2D eigenvalue weighted by Crippen LogP contribution is -1.98. The van der Waals surface area contributed by atoms with E-state index in [4.69, 9.17) is 10.5 Å². The van der Waals surface area contributed by atoms with E-state index in [0.717, 1.165) is 5.56 Å². The summed E-state index contributed by atoms with van der Waals surface area (Å²) in [6.45, 7) is 0.368. The maximum absolute atomic E-state index is 13.3. The maximum Gasteiger partial charge on any atom is 0.126 e. The Morgan fingerprint density at radius 2 is 1.94 bits per heavy atom. The van der Waals surface area contributed by atoms with Crippen molar-refractivity contribution < 1.29 is 14.2 Å². The Morgan fingerprint density at radius 1 is 1.17 bits per heavy atom. The fourth-order valence-corrected chi connectivity index (χ4v) is 1.82. The summed E-state index contributed by atoms with van der Waals surface area (Å²) < 4.78 is 18.5. The molecule has 0 saturated heterocycles. The van der Waals surface area contributed by atoms with Crippen LogP contribution in [0.25, 0.3) is 11.1 Å². The van der Waals surface area contributed by atoms with Crippen molar-refractivity contribution in [2.45, 2.75) is 6.54 Å². The molecule has 0 amide bonds. The summed E-state index contributed by atoms with van der Waals surface area (Å²) in [6, 6.07) is 9.17. The number of hydrogen-bond acceptors (Lipinski definition) is 3. The number of nitrogens with two attached hydrogens (primary N) is 1. The molecule has 0 radical (unpaired) electrons. The number of methoxy groups -OCH3 is 1. The molecule has 94 valence electrons. The van der Waals surface area contributed by atoms with Crippen LogP contribution in [0.15, 0.2) is 36.4 Å². The molecule has 0 spiro atoms. The van der Waals surface area contributed by atoms with E-state index in [9.17, 15) is 9.50 Å². The summed E-state index contributed by atoms with van der Waals surface area (Å²) in [6.07, 6.45) is 0. The van der Waals surface area contributed by atoms with Crippen molar-refractivity contribution in [1.29, 1.82) is 0 Å². The van der Waals surface area contributed by atoms with Crippen LogP contribution in [-0.2, 0) is 6.54 Å². The zero-order chi connectivity index (χ0) is 13.1. The second-order valence-electron chi connectivity index (χ2n) is 3.90. The molecule has 0 atom stereocenters. The van der Waals surface area contributed by atoms with Gasteiger partial charge < -0.3 is 15.6 Å². The Kier molecular flexibility index (Phi) is 3.48. The molecular formula is C14H14FNO2. The minimum absolute atomic E-state index is 0.00358. The van der Waals surface area contributed by atoms with Gasteiger partial charge in [-0.15, -0.1) is 0 Å². The highest BCUT2D eigenvalue weighted by molar-refractivity contribution is 5.76. The van der Waals surface area contributed by atoms with Gasteiger partial charge >= 0.3 is 0 Å². The van der Waals surface area contributed by atoms with Gasteiger partial charge in [0.2, 0.25) is 0 Å². The standard InChI is InChI=1S/C14H14FNO2/c1-18-14-5-2-9(8-16)6-12(14)11-7-10(15)3-4-13(11)17/h2-7,17H,8,16H2,1H3. The normalized spacial score (nSPS) is 10.4. The molecule has 2 aromatic carbocycles. The van der Waals surface area contributed by atoms with E-state index in [1.165, 1.54) is 25.3 Å². The van der Waals surface area contributed by atoms with Crippen molar-refractivity contribution in [1.82, 2.24) is 0 Å². The van der Waals surface area contributed by atoms with Crippen LogP contribution in [0, 0.1) is 5.82 Å². The summed E-state index contributed by atoms with van der Waals surface area (Å²) in [7, 11) is 1.53. The van der Waals surface area contributed by atoms with Gasteiger partial charge in [-0.05, 0) is 35.9 Å². The highest BCUT2D eigenvalue weighted by Crippen LogP contribution is 2.36. The van der Waals surface area contributed by atoms with E-state index < -0.39 is 5.82 Å². The number of phenolic OH excluding ortho intramolecular Hbond substituents is 1. The molecule has 18 heavy (non-hydrogen) atoms. The van der Waals surface area contributed by atoms with Crippen LogP contribution in [0.1, 0.15) is 5.56 Å². The van der Waals surface area contributed by atoms with Crippen molar-refractivity contribution in [2.24, 2.45) is 5.73 Å². The molecule has 3 nitrogen and oxygen atoms in total. The third kappa shape index (κ3) is 2.28. The fourth-order valence-electron chi connectivity index (χ4n) is 1.82. The van der Waals surface area contributed by atoms with Gasteiger partial charge in [0.05, 0.1) is 7.11 Å². The van der Waals surface area contributed by atoms with E-state index in [-0.39, 0.29) is 5.75 Å². The van der Waals surface area contributed by atoms with E-state index in [2.05, 4.69) is 0 Å². The molecule has 0 fully saturated rings. The molecule has 4 heteroatoms. The van der Waals surface area contributed by atoms with Gasteiger partial charge in [-0.2, -0.15) is 0 Å². The van der Waals surface area contributed by atoms with E-state index >= 15 is 0 Å². The number of hydrogen-bond donors (Lipinski definition) is 2. The largest absolute Gasteiger partial charge is 0.507 e. The van der Waals surface area contributed by atoms with Crippen LogP contribution >= 0.6 is 0 Å². The first-order chi connectivity index (χ1) is 8.65. The first kappa shape index (κ1) is 12.4. The van der Waals surface area contributed by atoms with Gasteiger partial charge in [0.25, 0.3) is 0 Å². The van der Waals surface area contributed by atoms with Crippen LogP contribution in [0.4, 0.5) is 4.39 Å². The highest BCUT2D eigenvalue weighted by atomic mass is 19.1. The zero-order valence-electron chi connectivity index (χ0n) is 9.98. The summed E-state index contributed by atoms with van der Waals surface area (Å²) in [5.41, 5.74) is 7.48. The average molecular weight is 247 g/mol. The Morgan fingerprint density at radius 3 is 2.61 bits per heavy atom. The lowest BCUT2D eigenvalue weighted by atomic mass is 10.0. The number of ether oxygens (including phenoxy) is 1. The summed E-state index contributed by atoms with van der Waals surface area (Å²) in [5.74, 6) is 0.153. The minimum atomic E-state index is -0.414. The van der Waals surface area contributed by atoms with Crippen molar-refractivity contribution in [3.63, 3.8) is 0 Å². The third-order valence-electron chi connectivity index (χ3n) is 2.75. The van der Waals surface area contributed by atoms with Crippen LogP contribution in [0.5, 0.6) is 11.5 Å². The van der Waals surface area contributed by atoms with E-state index in [1.807, 2.05) is 6.07 Å². The molecule has 0 aliphatic carbocycles. The molecule has 0 aliphatic rings. The molecule has 0 unspecified atom stereocenters. The Labute approximate surface area is 105 Å². The van der Waals surface area contributed by atoms with E-state index in [0.29, 0.717) is 23.4 Å². The minimum Gasteiger partial charge on any atom is -0.507 e. The number of benzene rings is 2. The van der Waals surface area contributed by atoms with Crippen LogP contribution in [-0.4, -0.2) is 12.2 Å². The van der Waals surface area contributed by atoms with Gasteiger partial charge in [-0.3, -0.25) is 0 Å². The van der Waals surface area contributed by atoms with Crippen LogP contribution in [0.2, 0.25) is 0 Å². The molecular weight excluding hydrogens is 233 g/mol. The van der Waals surface area contributed by atoms with E-state index in [1.54, 1.807) is 12.1 Å². The predicted molar refractivity (Wildman–Crippen MR) is 67.9 cm³/mol. The highest BCUT2D eigenvalue weighted by Gasteiger charge is 2.11. The fraction of sp³-hybridized carbons (Fsp3) is 0.143. The van der Waals surface area contributed by atoms with Gasteiger partial charge in [0.1, 0.15) is 17.3 Å². The van der Waals surface area contributed by atoms with Gasteiger partial charge in [0, 0.05) is 17.7 Å². The quantitative estimate of drug-likeness (QED) is 0.876. The molecule has 2 rings (SSSR count). The molecule has 2 aromatic rings. The average Bonchev–Trinajstić information content (AvgIpc) is 2.40. The van der Waals surface area contributed by atoms with Crippen LogP contribution in [0.3, 0.4) is 0 Å². The summed E-state index contributed by atoms with van der Waals surface area (Å²) in [5, 5.41) is 9.82. The topological polar surface area (TPSA) is 55.5 Å². The lowest BCUT2D eigenvalue weighted by molar-refractivity contribution is 0.415. The van der Waals surface area contributed by atoms with Gasteiger partial charge in [-0.1, -0.05) is 6.07 Å². The second-order valence-corrected chi connectivity index (χ2v) is 3.90. The smallest absolute Gasteiger partial charge is 0.126 e. The number of halogens is 1. The number of phenols is 1. The third-order valence-corrected chi connectivity index (χ3v) is 2.75. The first-order valence-electron chi connectivity index (χ1n) is 5.51. The van der Waals surface area contributed by atoms with Crippen molar-refractivity contribution in [2.75, 3.05) is 7.11 Å². The Hall–Kier alpha value is -2.07. The van der Waals surface area contributed by atoms with Crippen molar-refractivity contribution in [3.05, 3.63) is 47.8 Å². The maximum atomic E-state index is 13.3. The monoisotopic (exact) mass is 247 g/mol. The summed E-state index contributed by atoms with van der Waals surface area (Å²) in [4.78, 5) is 0. The Bertz CT molecular complexity index is 570. The SMILES string of the molecule is COc1ccc(CN)cc1-c1cc(F)ccc1O. The number of rotatable bonds is 3.